The van der Waals surface area contributed by atoms with Crippen LogP contribution in [0.4, 0.5) is 0 Å². The third-order valence-corrected chi connectivity index (χ3v) is 10.6. The maximum Gasteiger partial charge on any atom is 0.305 e. The number of hydrogen-bond donors (Lipinski definition) is 1. The topological polar surface area (TPSA) is 94.5 Å². The zero-order valence-electron chi connectivity index (χ0n) is 36.9. The molecule has 0 bridgehead atoms. The number of carbonyl (C=O) groups is 2. The normalized spacial score (nSPS) is 11.6. The second-order valence-electron chi connectivity index (χ2n) is 16.0. The Balaban J connectivity index is 3.91. The van der Waals surface area contributed by atoms with Crippen LogP contribution in [0.25, 0.3) is 0 Å². The highest BCUT2D eigenvalue weighted by Crippen LogP contribution is 2.14. The van der Waals surface area contributed by atoms with Gasteiger partial charge in [0.15, 0.2) is 6.29 Å². The molecule has 0 aromatic heterocycles. The molecule has 0 saturated carbocycles. The number of aliphatic hydroxyl groups excluding tert-OH is 1. The fourth-order valence-corrected chi connectivity index (χ4v) is 6.98. The molecule has 0 atom stereocenters. The van der Waals surface area contributed by atoms with Crippen LogP contribution >= 0.6 is 0 Å². The van der Waals surface area contributed by atoms with Crippen LogP contribution in [-0.2, 0) is 28.5 Å². The molecule has 328 valence electrons. The quantitative estimate of drug-likeness (QED) is 0.0370. The van der Waals surface area contributed by atoms with Gasteiger partial charge in [0.05, 0.1) is 26.2 Å². The van der Waals surface area contributed by atoms with Gasteiger partial charge in [-0.25, -0.2) is 0 Å². The Hall–Kier alpha value is -1.22. The van der Waals surface area contributed by atoms with E-state index in [2.05, 4.69) is 25.7 Å². The largest absolute Gasteiger partial charge is 0.466 e. The molecule has 0 heterocycles. The van der Waals surface area contributed by atoms with Gasteiger partial charge in [0.2, 0.25) is 0 Å². The average Bonchev–Trinajstić information content (AvgIpc) is 3.18. The van der Waals surface area contributed by atoms with Gasteiger partial charge in [-0.1, -0.05) is 168 Å². The molecule has 0 saturated heterocycles. The molecule has 1 N–H and O–H groups in total. The van der Waals surface area contributed by atoms with Crippen molar-refractivity contribution in [3.8, 4) is 0 Å². The molecule has 8 nitrogen and oxygen atoms in total. The molecule has 8 heteroatoms. The van der Waals surface area contributed by atoms with Crippen LogP contribution < -0.4 is 0 Å². The standard InChI is InChI=1S/C47H93NO7/c1-4-7-10-13-16-17-19-24-30-41-52-45(50)34-27-26-29-38-48(39-40-49)37-28-21-18-20-25-31-42-53-46(51)35-36-47(54-43-32-22-14-11-8-5-2)55-44-33-23-15-12-9-6-3/h47,49H,4-44H2,1-3H3. The van der Waals surface area contributed by atoms with Gasteiger partial charge in [0, 0.05) is 32.6 Å². The summed E-state index contributed by atoms with van der Waals surface area (Å²) in [4.78, 5) is 26.9. The number of nitrogens with zero attached hydrogens (tertiary/aromatic N) is 1. The van der Waals surface area contributed by atoms with Crippen molar-refractivity contribution >= 4 is 11.9 Å². The fraction of sp³-hybridized carbons (Fsp3) is 0.957. The highest BCUT2D eigenvalue weighted by Gasteiger charge is 2.14. The van der Waals surface area contributed by atoms with E-state index in [1.54, 1.807) is 0 Å². The highest BCUT2D eigenvalue weighted by molar-refractivity contribution is 5.69. The Morgan fingerprint density at radius 3 is 1.18 bits per heavy atom. The molecular formula is C47H93NO7. The summed E-state index contributed by atoms with van der Waals surface area (Å²) in [5.74, 6) is -0.202. The second kappa shape index (κ2) is 45.5. The molecule has 0 spiro atoms. The van der Waals surface area contributed by atoms with Crippen LogP contribution in [0.5, 0.6) is 0 Å². The van der Waals surface area contributed by atoms with Crippen molar-refractivity contribution in [2.75, 3.05) is 52.7 Å². The van der Waals surface area contributed by atoms with E-state index in [9.17, 15) is 14.7 Å². The molecule has 0 amide bonds. The van der Waals surface area contributed by atoms with Crippen LogP contribution in [0.2, 0.25) is 0 Å². The van der Waals surface area contributed by atoms with E-state index in [0.717, 1.165) is 83.7 Å². The van der Waals surface area contributed by atoms with Gasteiger partial charge in [-0.05, 0) is 58.0 Å². The molecule has 0 aliphatic rings. The molecule has 0 aromatic carbocycles. The first-order valence-electron chi connectivity index (χ1n) is 23.9. The van der Waals surface area contributed by atoms with Crippen molar-refractivity contribution in [3.63, 3.8) is 0 Å². The first kappa shape index (κ1) is 53.8. The number of carbonyl (C=O) groups excluding carboxylic acids is 2. The summed E-state index contributed by atoms with van der Waals surface area (Å²) in [6.07, 6.45) is 36.8. The number of unbranched alkanes of at least 4 members (excludes halogenated alkanes) is 25. The summed E-state index contributed by atoms with van der Waals surface area (Å²) >= 11 is 0. The summed E-state index contributed by atoms with van der Waals surface area (Å²) in [7, 11) is 0. The number of rotatable bonds is 46. The van der Waals surface area contributed by atoms with Crippen molar-refractivity contribution in [2.45, 2.75) is 239 Å². The van der Waals surface area contributed by atoms with Gasteiger partial charge in [-0.2, -0.15) is 0 Å². The zero-order valence-corrected chi connectivity index (χ0v) is 36.9. The van der Waals surface area contributed by atoms with E-state index < -0.39 is 0 Å². The van der Waals surface area contributed by atoms with Gasteiger partial charge in [0.1, 0.15) is 0 Å². The average molecular weight is 784 g/mol. The van der Waals surface area contributed by atoms with E-state index in [1.165, 1.54) is 122 Å². The number of esters is 2. The van der Waals surface area contributed by atoms with Crippen LogP contribution in [0, 0.1) is 0 Å². The Labute approximate surface area is 341 Å². The van der Waals surface area contributed by atoms with Gasteiger partial charge in [-0.3, -0.25) is 9.59 Å². The zero-order chi connectivity index (χ0) is 40.1. The molecule has 55 heavy (non-hydrogen) atoms. The van der Waals surface area contributed by atoms with Crippen molar-refractivity contribution in [1.82, 2.24) is 4.90 Å². The SMILES string of the molecule is CCCCCCCCCCCOC(=O)CCCCCN(CCO)CCCCCCCCOC(=O)CCC(OCCCCCCCC)OCCCCCCCC. The Kier molecular flexibility index (Phi) is 44.5. The number of aliphatic hydroxyl groups is 1. The lowest BCUT2D eigenvalue weighted by atomic mass is 10.1. The molecular weight excluding hydrogens is 691 g/mol. The van der Waals surface area contributed by atoms with E-state index in [-0.39, 0.29) is 24.8 Å². The third-order valence-electron chi connectivity index (χ3n) is 10.6. The van der Waals surface area contributed by atoms with Crippen molar-refractivity contribution in [1.29, 1.82) is 0 Å². The summed E-state index contributed by atoms with van der Waals surface area (Å²) in [6, 6.07) is 0. The smallest absolute Gasteiger partial charge is 0.305 e. The van der Waals surface area contributed by atoms with E-state index >= 15 is 0 Å². The number of hydrogen-bond acceptors (Lipinski definition) is 8. The molecule has 0 rings (SSSR count). The first-order chi connectivity index (χ1) is 27.1. The van der Waals surface area contributed by atoms with Crippen LogP contribution in [0.1, 0.15) is 233 Å². The molecule has 0 fully saturated rings. The predicted molar refractivity (Wildman–Crippen MR) is 231 cm³/mol. The molecule has 0 aliphatic heterocycles. The van der Waals surface area contributed by atoms with Crippen LogP contribution in [-0.4, -0.2) is 80.9 Å². The van der Waals surface area contributed by atoms with Gasteiger partial charge in [-0.15, -0.1) is 0 Å². The summed E-state index contributed by atoms with van der Waals surface area (Å²) < 4.78 is 23.1. The van der Waals surface area contributed by atoms with Gasteiger partial charge < -0.3 is 29.0 Å². The van der Waals surface area contributed by atoms with Crippen molar-refractivity contribution in [2.24, 2.45) is 0 Å². The summed E-state index contributed by atoms with van der Waals surface area (Å²) in [6.45, 7) is 12.1. The second-order valence-corrected chi connectivity index (χ2v) is 16.0. The van der Waals surface area contributed by atoms with Crippen molar-refractivity contribution in [3.05, 3.63) is 0 Å². The van der Waals surface area contributed by atoms with E-state index in [1.807, 2.05) is 0 Å². The minimum atomic E-state index is -0.318. The molecule has 0 aromatic rings. The fourth-order valence-electron chi connectivity index (χ4n) is 6.98. The van der Waals surface area contributed by atoms with E-state index in [0.29, 0.717) is 52.2 Å². The Morgan fingerprint density at radius 1 is 0.418 bits per heavy atom. The lowest BCUT2D eigenvalue weighted by Crippen LogP contribution is -2.29. The van der Waals surface area contributed by atoms with Crippen LogP contribution in [0.15, 0.2) is 0 Å². The summed E-state index contributed by atoms with van der Waals surface area (Å²) in [5.41, 5.74) is 0. The number of ether oxygens (including phenoxy) is 4. The van der Waals surface area contributed by atoms with Crippen LogP contribution in [0.3, 0.4) is 0 Å². The molecule has 0 radical (unpaired) electrons. The minimum absolute atomic E-state index is 0.0537. The van der Waals surface area contributed by atoms with Crippen molar-refractivity contribution < 1.29 is 33.6 Å². The molecule has 0 unspecified atom stereocenters. The highest BCUT2D eigenvalue weighted by atomic mass is 16.7. The Morgan fingerprint density at radius 2 is 0.764 bits per heavy atom. The minimum Gasteiger partial charge on any atom is -0.466 e. The maximum absolute atomic E-state index is 12.5. The monoisotopic (exact) mass is 784 g/mol. The lowest BCUT2D eigenvalue weighted by molar-refractivity contribution is -0.159. The molecule has 0 aliphatic carbocycles. The maximum atomic E-state index is 12.5. The Bertz CT molecular complexity index is 764. The summed E-state index contributed by atoms with van der Waals surface area (Å²) in [5, 5.41) is 9.53. The van der Waals surface area contributed by atoms with Gasteiger partial charge >= 0.3 is 11.9 Å². The van der Waals surface area contributed by atoms with E-state index in [4.69, 9.17) is 18.9 Å². The third kappa shape index (κ3) is 42.2. The lowest BCUT2D eigenvalue weighted by Gasteiger charge is -2.21. The van der Waals surface area contributed by atoms with Gasteiger partial charge in [0.25, 0.3) is 0 Å². The first-order valence-corrected chi connectivity index (χ1v) is 23.9. The predicted octanol–water partition coefficient (Wildman–Crippen LogP) is 12.7.